The first-order chi connectivity index (χ1) is 18.8. The van der Waals surface area contributed by atoms with Crippen LogP contribution in [0.15, 0.2) is 71.6 Å². The summed E-state index contributed by atoms with van der Waals surface area (Å²) >= 11 is 25.0. The van der Waals surface area contributed by atoms with Crippen LogP contribution in [0.1, 0.15) is 32.8 Å². The van der Waals surface area contributed by atoms with Crippen molar-refractivity contribution < 1.29 is 18.0 Å². The Morgan fingerprint density at radius 1 is 0.875 bits per heavy atom. The van der Waals surface area contributed by atoms with Crippen LogP contribution in [-0.2, 0) is 26.2 Å². The highest BCUT2D eigenvalue weighted by Crippen LogP contribution is 2.30. The van der Waals surface area contributed by atoms with Crippen molar-refractivity contribution in [2.45, 2.75) is 50.7 Å². The van der Waals surface area contributed by atoms with Gasteiger partial charge in [0.1, 0.15) is 12.6 Å². The summed E-state index contributed by atoms with van der Waals surface area (Å²) in [6.07, 6.45) is 0.257. The molecule has 3 aromatic carbocycles. The third kappa shape index (κ3) is 7.83. The summed E-state index contributed by atoms with van der Waals surface area (Å²) in [6.45, 7) is 4.63. The Labute approximate surface area is 255 Å². The highest BCUT2D eigenvalue weighted by atomic mass is 35.5. The lowest BCUT2D eigenvalue weighted by Gasteiger charge is -2.34. The zero-order valence-electron chi connectivity index (χ0n) is 22.1. The number of carbonyl (C=O) groups excluding carboxylic acids is 2. The smallest absolute Gasteiger partial charge is 0.264 e. The van der Waals surface area contributed by atoms with Crippen molar-refractivity contribution in [1.29, 1.82) is 0 Å². The minimum absolute atomic E-state index is 0.0741. The second-order valence-electron chi connectivity index (χ2n) is 9.25. The number of sulfonamides is 1. The van der Waals surface area contributed by atoms with Gasteiger partial charge in [0, 0.05) is 38.2 Å². The molecule has 2 amide bonds. The van der Waals surface area contributed by atoms with Crippen LogP contribution in [0.4, 0.5) is 5.69 Å². The standard InChI is InChI=1S/C28H29Cl4N3O4S/c1-4-26(28(37)33-18(2)3)34(16-23-24(31)9-6-10-25(23)32)27(36)17-35(21-8-5-7-20(30)15-21)40(38,39)22-13-11-19(29)12-14-22/h5-15,18,26H,4,16-17H2,1-3H3,(H,33,37). The lowest BCUT2D eigenvalue weighted by molar-refractivity contribution is -0.140. The van der Waals surface area contributed by atoms with E-state index < -0.39 is 28.5 Å². The molecule has 12 heteroatoms. The first-order valence-corrected chi connectivity index (χ1v) is 15.4. The number of hydrogen-bond donors (Lipinski definition) is 1. The summed E-state index contributed by atoms with van der Waals surface area (Å²) in [6, 6.07) is 15.6. The molecule has 0 bridgehead atoms. The average molecular weight is 645 g/mol. The molecule has 40 heavy (non-hydrogen) atoms. The van der Waals surface area contributed by atoms with Gasteiger partial charge < -0.3 is 10.2 Å². The van der Waals surface area contributed by atoms with Crippen LogP contribution in [0, 0.1) is 0 Å². The first kappa shape index (κ1) is 32.0. The van der Waals surface area contributed by atoms with Crippen molar-refractivity contribution in [3.63, 3.8) is 0 Å². The van der Waals surface area contributed by atoms with E-state index in [0.29, 0.717) is 20.6 Å². The molecule has 0 saturated carbocycles. The van der Waals surface area contributed by atoms with Crippen molar-refractivity contribution in [3.8, 4) is 0 Å². The Balaban J connectivity index is 2.11. The minimum atomic E-state index is -4.26. The molecule has 214 valence electrons. The van der Waals surface area contributed by atoms with Crippen molar-refractivity contribution >= 4 is 73.9 Å². The van der Waals surface area contributed by atoms with Gasteiger partial charge in [0.15, 0.2) is 0 Å². The molecule has 3 aromatic rings. The summed E-state index contributed by atoms with van der Waals surface area (Å²) in [7, 11) is -4.26. The highest BCUT2D eigenvalue weighted by molar-refractivity contribution is 7.92. The number of nitrogens with zero attached hydrogens (tertiary/aromatic N) is 2. The SMILES string of the molecule is CCC(C(=O)NC(C)C)N(Cc1c(Cl)cccc1Cl)C(=O)CN(c1cccc(Cl)c1)S(=O)(=O)c1ccc(Cl)cc1. The van der Waals surface area contributed by atoms with E-state index in [1.807, 2.05) is 0 Å². The van der Waals surface area contributed by atoms with Gasteiger partial charge in [-0.2, -0.15) is 0 Å². The van der Waals surface area contributed by atoms with Crippen LogP contribution in [0.2, 0.25) is 20.1 Å². The van der Waals surface area contributed by atoms with Gasteiger partial charge in [-0.15, -0.1) is 0 Å². The second kappa shape index (κ2) is 13.9. The predicted molar refractivity (Wildman–Crippen MR) is 162 cm³/mol. The molecule has 1 atom stereocenters. The Hall–Kier alpha value is -2.49. The summed E-state index contributed by atoms with van der Waals surface area (Å²) in [5.41, 5.74) is 0.607. The number of nitrogens with one attached hydrogen (secondary N) is 1. The molecule has 0 heterocycles. The van der Waals surface area contributed by atoms with Crippen LogP contribution in [0.25, 0.3) is 0 Å². The summed E-state index contributed by atoms with van der Waals surface area (Å²) in [4.78, 5) is 28.5. The lowest BCUT2D eigenvalue weighted by Crippen LogP contribution is -2.53. The second-order valence-corrected chi connectivity index (χ2v) is 12.8. The minimum Gasteiger partial charge on any atom is -0.352 e. The van der Waals surface area contributed by atoms with Crippen molar-refractivity contribution in [2.24, 2.45) is 0 Å². The monoisotopic (exact) mass is 643 g/mol. The van der Waals surface area contributed by atoms with E-state index in [0.717, 1.165) is 4.31 Å². The van der Waals surface area contributed by atoms with Gasteiger partial charge in [-0.3, -0.25) is 13.9 Å². The van der Waals surface area contributed by atoms with Crippen LogP contribution in [0.5, 0.6) is 0 Å². The summed E-state index contributed by atoms with van der Waals surface area (Å²) in [5.74, 6) is -1.02. The molecule has 0 fully saturated rings. The average Bonchev–Trinajstić information content (AvgIpc) is 2.88. The Bertz CT molecular complexity index is 1450. The molecular formula is C28H29Cl4N3O4S. The van der Waals surface area contributed by atoms with Crippen LogP contribution < -0.4 is 9.62 Å². The number of hydrogen-bond acceptors (Lipinski definition) is 4. The molecule has 0 aliphatic carbocycles. The van der Waals surface area contributed by atoms with Crippen molar-refractivity contribution in [1.82, 2.24) is 10.2 Å². The molecule has 0 aliphatic rings. The molecule has 0 aromatic heterocycles. The molecule has 0 radical (unpaired) electrons. The van der Waals surface area contributed by atoms with Crippen molar-refractivity contribution in [3.05, 3.63) is 92.4 Å². The largest absolute Gasteiger partial charge is 0.352 e. The van der Waals surface area contributed by atoms with Crippen molar-refractivity contribution in [2.75, 3.05) is 10.8 Å². The number of benzene rings is 3. The predicted octanol–water partition coefficient (Wildman–Crippen LogP) is 6.83. The Kier molecular flexibility index (Phi) is 11.1. The quantitative estimate of drug-likeness (QED) is 0.248. The Morgan fingerprint density at radius 2 is 1.48 bits per heavy atom. The maximum absolute atomic E-state index is 14.1. The zero-order valence-corrected chi connectivity index (χ0v) is 25.9. The fourth-order valence-corrected chi connectivity index (χ4v) is 6.28. The van der Waals surface area contributed by atoms with E-state index in [9.17, 15) is 18.0 Å². The Morgan fingerprint density at radius 3 is 2.02 bits per heavy atom. The third-order valence-corrected chi connectivity index (χ3v) is 8.97. The summed E-state index contributed by atoms with van der Waals surface area (Å²) < 4.78 is 28.6. The lowest BCUT2D eigenvalue weighted by atomic mass is 10.1. The maximum atomic E-state index is 14.1. The number of anilines is 1. The topological polar surface area (TPSA) is 86.8 Å². The van der Waals surface area contributed by atoms with Gasteiger partial charge in [-0.25, -0.2) is 8.42 Å². The van der Waals surface area contributed by atoms with E-state index >= 15 is 0 Å². The van der Waals surface area contributed by atoms with Gasteiger partial charge in [-0.1, -0.05) is 65.5 Å². The van der Waals surface area contributed by atoms with E-state index in [1.54, 1.807) is 51.1 Å². The van der Waals surface area contributed by atoms with Crippen LogP contribution in [0.3, 0.4) is 0 Å². The highest BCUT2D eigenvalue weighted by Gasteiger charge is 2.34. The molecule has 1 unspecified atom stereocenters. The molecule has 0 aliphatic heterocycles. The first-order valence-electron chi connectivity index (χ1n) is 12.4. The van der Waals surface area contributed by atoms with Gasteiger partial charge in [0.05, 0.1) is 10.6 Å². The molecule has 3 rings (SSSR count). The van der Waals surface area contributed by atoms with Gasteiger partial charge >= 0.3 is 0 Å². The molecule has 7 nitrogen and oxygen atoms in total. The fraction of sp³-hybridized carbons (Fsp3) is 0.286. The molecule has 0 spiro atoms. The number of amides is 2. The van der Waals surface area contributed by atoms with E-state index in [2.05, 4.69) is 5.32 Å². The molecular weight excluding hydrogens is 616 g/mol. The van der Waals surface area contributed by atoms with Gasteiger partial charge in [0.25, 0.3) is 10.0 Å². The fourth-order valence-electron chi connectivity index (χ4n) is 4.05. The van der Waals surface area contributed by atoms with Crippen LogP contribution >= 0.6 is 46.4 Å². The number of carbonyl (C=O) groups is 2. The summed E-state index contributed by atoms with van der Waals surface area (Å²) in [5, 5.41) is 4.09. The number of rotatable bonds is 11. The number of halogens is 4. The van der Waals surface area contributed by atoms with Gasteiger partial charge in [0.2, 0.25) is 11.8 Å². The van der Waals surface area contributed by atoms with Crippen LogP contribution in [-0.4, -0.2) is 43.8 Å². The van der Waals surface area contributed by atoms with E-state index in [1.165, 1.54) is 41.3 Å². The van der Waals surface area contributed by atoms with E-state index in [-0.39, 0.29) is 40.5 Å². The molecule has 0 saturated heterocycles. The van der Waals surface area contributed by atoms with Gasteiger partial charge in [-0.05, 0) is 74.9 Å². The maximum Gasteiger partial charge on any atom is 0.264 e. The normalized spacial score (nSPS) is 12.2. The zero-order chi connectivity index (χ0) is 29.6. The third-order valence-electron chi connectivity index (χ3n) is 5.98. The molecule has 1 N–H and O–H groups in total. The van der Waals surface area contributed by atoms with E-state index in [4.69, 9.17) is 46.4 Å².